The van der Waals surface area contributed by atoms with Crippen LogP contribution in [0.2, 0.25) is 10.0 Å². The van der Waals surface area contributed by atoms with Gasteiger partial charge in [0.1, 0.15) is 0 Å². The zero-order chi connectivity index (χ0) is 17.3. The molecule has 24 heavy (non-hydrogen) atoms. The van der Waals surface area contributed by atoms with Gasteiger partial charge in [-0.05, 0) is 30.7 Å². The number of hydrogen-bond acceptors (Lipinski definition) is 3. The second-order valence-corrected chi connectivity index (χ2v) is 8.36. The maximum atomic E-state index is 12.7. The van der Waals surface area contributed by atoms with Crippen molar-refractivity contribution in [1.82, 2.24) is 0 Å². The van der Waals surface area contributed by atoms with Gasteiger partial charge in [0.05, 0.1) is 10.6 Å². The van der Waals surface area contributed by atoms with Gasteiger partial charge in [-0.2, -0.15) is 0 Å². The molecule has 3 aromatic rings. The van der Waals surface area contributed by atoms with Crippen LogP contribution in [0.5, 0.6) is 0 Å². The van der Waals surface area contributed by atoms with E-state index in [1.807, 2.05) is 23.6 Å². The molecule has 7 heteroatoms. The normalized spacial score (nSPS) is 11.5. The van der Waals surface area contributed by atoms with E-state index in [1.165, 1.54) is 17.4 Å². The molecule has 0 aliphatic rings. The molecule has 1 N–H and O–H groups in total. The largest absolute Gasteiger partial charge is 0.278 e. The molecule has 0 amide bonds. The average molecular weight is 398 g/mol. The molecule has 1 heterocycles. The highest BCUT2D eigenvalue weighted by atomic mass is 35.5. The van der Waals surface area contributed by atoms with Crippen molar-refractivity contribution in [2.24, 2.45) is 0 Å². The Hall–Kier alpha value is -1.53. The van der Waals surface area contributed by atoms with Crippen molar-refractivity contribution in [3.05, 3.63) is 68.8 Å². The summed E-state index contributed by atoms with van der Waals surface area (Å²) in [6.45, 7) is 1.68. The highest BCUT2D eigenvalue weighted by Crippen LogP contribution is 2.37. The van der Waals surface area contributed by atoms with Gasteiger partial charge in [-0.1, -0.05) is 47.5 Å². The first-order chi connectivity index (χ1) is 11.4. The summed E-state index contributed by atoms with van der Waals surface area (Å²) in [6, 6.07) is 12.1. The zero-order valence-electron chi connectivity index (χ0n) is 12.6. The number of halogens is 2. The Bertz CT molecular complexity index is 997. The van der Waals surface area contributed by atoms with E-state index < -0.39 is 10.0 Å². The number of thiophene rings is 1. The number of hydrogen-bond donors (Lipinski definition) is 1. The van der Waals surface area contributed by atoms with Crippen LogP contribution in [0.4, 0.5) is 5.69 Å². The minimum Gasteiger partial charge on any atom is -0.278 e. The number of benzene rings is 2. The SMILES string of the molecule is Cc1c(Cl)cccc1S(=O)(=O)Nc1cscc1-c1ccccc1Cl. The Kier molecular flexibility index (Phi) is 4.88. The Morgan fingerprint density at radius 2 is 1.62 bits per heavy atom. The predicted molar refractivity (Wildman–Crippen MR) is 102 cm³/mol. The van der Waals surface area contributed by atoms with Crippen LogP contribution in [-0.2, 0) is 10.0 Å². The highest BCUT2D eigenvalue weighted by molar-refractivity contribution is 7.92. The first kappa shape index (κ1) is 17.3. The van der Waals surface area contributed by atoms with Crippen molar-refractivity contribution in [3.63, 3.8) is 0 Å². The fourth-order valence-corrected chi connectivity index (χ4v) is 5.00. The topological polar surface area (TPSA) is 46.2 Å². The van der Waals surface area contributed by atoms with Gasteiger partial charge in [-0.15, -0.1) is 11.3 Å². The van der Waals surface area contributed by atoms with Gasteiger partial charge in [-0.25, -0.2) is 8.42 Å². The number of anilines is 1. The molecule has 0 saturated heterocycles. The molecule has 0 bridgehead atoms. The van der Waals surface area contributed by atoms with Crippen LogP contribution in [0.3, 0.4) is 0 Å². The lowest BCUT2D eigenvalue weighted by Crippen LogP contribution is -2.14. The Balaban J connectivity index is 2.03. The first-order valence-electron chi connectivity index (χ1n) is 6.99. The van der Waals surface area contributed by atoms with Crippen molar-refractivity contribution in [1.29, 1.82) is 0 Å². The molecule has 3 rings (SSSR count). The summed E-state index contributed by atoms with van der Waals surface area (Å²) >= 11 is 13.7. The minimum atomic E-state index is -3.75. The third-order valence-corrected chi connectivity index (χ3v) is 6.57. The van der Waals surface area contributed by atoms with Gasteiger partial charge in [0, 0.05) is 31.9 Å². The summed E-state index contributed by atoms with van der Waals surface area (Å²) in [6.07, 6.45) is 0. The summed E-state index contributed by atoms with van der Waals surface area (Å²) in [7, 11) is -3.75. The fourth-order valence-electron chi connectivity index (χ4n) is 2.34. The van der Waals surface area contributed by atoms with Crippen LogP contribution >= 0.6 is 34.5 Å². The molecular formula is C17H13Cl2NO2S2. The number of rotatable bonds is 4. The molecule has 0 spiro atoms. The monoisotopic (exact) mass is 397 g/mol. The maximum Gasteiger partial charge on any atom is 0.262 e. The van der Waals surface area contributed by atoms with Crippen molar-refractivity contribution in [3.8, 4) is 11.1 Å². The van der Waals surface area contributed by atoms with Crippen LogP contribution in [-0.4, -0.2) is 8.42 Å². The van der Waals surface area contributed by atoms with Gasteiger partial charge in [0.25, 0.3) is 10.0 Å². The number of nitrogens with one attached hydrogen (secondary N) is 1. The third kappa shape index (κ3) is 3.30. The average Bonchev–Trinajstić information content (AvgIpc) is 2.97. The summed E-state index contributed by atoms with van der Waals surface area (Å²) < 4.78 is 28.1. The molecule has 0 atom stereocenters. The van der Waals surface area contributed by atoms with Crippen LogP contribution in [0.15, 0.2) is 58.1 Å². The van der Waals surface area contributed by atoms with Gasteiger partial charge < -0.3 is 0 Å². The minimum absolute atomic E-state index is 0.159. The van der Waals surface area contributed by atoms with E-state index >= 15 is 0 Å². The molecule has 2 aromatic carbocycles. The van der Waals surface area contributed by atoms with Crippen LogP contribution in [0.1, 0.15) is 5.56 Å². The van der Waals surface area contributed by atoms with Crippen molar-refractivity contribution in [2.75, 3.05) is 4.72 Å². The van der Waals surface area contributed by atoms with Gasteiger partial charge in [-0.3, -0.25) is 4.72 Å². The Morgan fingerprint density at radius 3 is 2.38 bits per heavy atom. The molecule has 0 aliphatic heterocycles. The quantitative estimate of drug-likeness (QED) is 0.601. The molecule has 124 valence electrons. The van der Waals surface area contributed by atoms with Gasteiger partial charge in [0.15, 0.2) is 0 Å². The highest BCUT2D eigenvalue weighted by Gasteiger charge is 2.21. The van der Waals surface area contributed by atoms with E-state index in [9.17, 15) is 8.42 Å². The van der Waals surface area contributed by atoms with Crippen molar-refractivity contribution < 1.29 is 8.42 Å². The molecular weight excluding hydrogens is 385 g/mol. The first-order valence-corrected chi connectivity index (χ1v) is 10.2. The van der Waals surface area contributed by atoms with Crippen molar-refractivity contribution in [2.45, 2.75) is 11.8 Å². The second kappa shape index (κ2) is 6.76. The van der Waals surface area contributed by atoms with Crippen molar-refractivity contribution >= 4 is 50.2 Å². The summed E-state index contributed by atoms with van der Waals surface area (Å²) in [5, 5.41) is 4.59. The smallest absolute Gasteiger partial charge is 0.262 e. The van der Waals surface area contributed by atoms with E-state index in [4.69, 9.17) is 23.2 Å². The molecule has 0 radical (unpaired) electrons. The third-order valence-electron chi connectivity index (χ3n) is 3.58. The lowest BCUT2D eigenvalue weighted by molar-refractivity contribution is 0.600. The maximum absolute atomic E-state index is 12.7. The van der Waals surface area contributed by atoms with Crippen LogP contribution in [0, 0.1) is 6.92 Å². The van der Waals surface area contributed by atoms with E-state index in [0.717, 1.165) is 11.1 Å². The second-order valence-electron chi connectivity index (χ2n) is 5.15. The standard InChI is InChI=1S/C17H13Cl2NO2S2/c1-11-14(18)7-4-8-17(11)24(21,22)20-16-10-23-9-13(16)12-5-2-3-6-15(12)19/h2-10,20H,1H3. The predicted octanol–water partition coefficient (Wildman–Crippen LogP) is 5.83. The lowest BCUT2D eigenvalue weighted by Gasteiger charge is -2.12. The molecule has 1 aromatic heterocycles. The van der Waals surface area contributed by atoms with E-state index in [1.54, 1.807) is 30.5 Å². The Morgan fingerprint density at radius 1 is 0.917 bits per heavy atom. The van der Waals surface area contributed by atoms with Crippen LogP contribution < -0.4 is 4.72 Å². The molecule has 0 fully saturated rings. The fraction of sp³-hybridized carbons (Fsp3) is 0.0588. The van der Waals surface area contributed by atoms with Gasteiger partial charge in [0.2, 0.25) is 0 Å². The van der Waals surface area contributed by atoms with E-state index in [0.29, 0.717) is 21.3 Å². The zero-order valence-corrected chi connectivity index (χ0v) is 15.7. The summed E-state index contributed by atoms with van der Waals surface area (Å²) in [4.78, 5) is 0.159. The summed E-state index contributed by atoms with van der Waals surface area (Å²) in [5.74, 6) is 0. The lowest BCUT2D eigenvalue weighted by atomic mass is 10.1. The van der Waals surface area contributed by atoms with Crippen LogP contribution in [0.25, 0.3) is 11.1 Å². The molecule has 0 unspecified atom stereocenters. The molecule has 3 nitrogen and oxygen atoms in total. The van der Waals surface area contributed by atoms with E-state index in [-0.39, 0.29) is 4.90 Å². The number of sulfonamides is 1. The molecule has 0 aliphatic carbocycles. The van der Waals surface area contributed by atoms with E-state index in [2.05, 4.69) is 4.72 Å². The Labute approximate surface area is 154 Å². The summed E-state index contributed by atoms with van der Waals surface area (Å²) in [5.41, 5.74) is 2.53. The van der Waals surface area contributed by atoms with Gasteiger partial charge >= 0.3 is 0 Å². The molecule has 0 saturated carbocycles.